The van der Waals surface area contributed by atoms with Crippen molar-refractivity contribution in [2.45, 2.75) is 189 Å². The van der Waals surface area contributed by atoms with Gasteiger partial charge in [0.1, 0.15) is 0 Å². The highest BCUT2D eigenvalue weighted by Gasteiger charge is 2.20. The van der Waals surface area contributed by atoms with Crippen molar-refractivity contribution in [1.82, 2.24) is 9.80 Å². The van der Waals surface area contributed by atoms with E-state index in [2.05, 4.69) is 54.8 Å². The van der Waals surface area contributed by atoms with Crippen LogP contribution in [0, 0.1) is 47.8 Å². The molecule has 0 aromatic heterocycles. The van der Waals surface area contributed by atoms with Gasteiger partial charge in [-0.2, -0.15) is 0 Å². The van der Waals surface area contributed by atoms with Crippen LogP contribution >= 0.6 is 0 Å². The molecule has 23 nitrogen and oxygen atoms in total. The Labute approximate surface area is 566 Å². The van der Waals surface area contributed by atoms with Crippen molar-refractivity contribution in [3.05, 3.63) is 70.8 Å². The van der Waals surface area contributed by atoms with Gasteiger partial charge in [0.2, 0.25) is 0 Å². The number of nitrogens with zero attached hydrogens (tertiary/aromatic N) is 2. The van der Waals surface area contributed by atoms with Gasteiger partial charge in [-0.05, 0) is 267 Å². The number of piperazine rings is 1. The van der Waals surface area contributed by atoms with E-state index in [4.69, 9.17) is 120 Å². The summed E-state index contributed by atoms with van der Waals surface area (Å²) < 4.78 is 0. The summed E-state index contributed by atoms with van der Waals surface area (Å²) in [5.74, 6) is 4.26. The zero-order valence-electron chi connectivity index (χ0n) is 61.1. The van der Waals surface area contributed by atoms with Gasteiger partial charge in [-0.15, -0.1) is 0 Å². The average molecular weight is 1310 g/mol. The maximum absolute atomic E-state index is 5.58. The van der Waals surface area contributed by atoms with E-state index in [9.17, 15) is 0 Å². The topological polar surface area (TPSA) is 553 Å². The van der Waals surface area contributed by atoms with Crippen LogP contribution < -0.4 is 120 Å². The Balaban J connectivity index is -0.000000224. The molecular formula is C69H161N23. The van der Waals surface area contributed by atoms with Gasteiger partial charge >= 0.3 is 0 Å². The lowest BCUT2D eigenvalue weighted by Crippen LogP contribution is -2.47. The molecule has 1 saturated heterocycles. The average Bonchev–Trinajstić information content (AvgIpc) is 3.13. The molecule has 3 fully saturated rings. The van der Waals surface area contributed by atoms with E-state index in [1.165, 1.54) is 108 Å². The molecule has 1 heterocycles. The molecule has 2 saturated carbocycles. The summed E-state index contributed by atoms with van der Waals surface area (Å²) in [6.45, 7) is 38.3. The van der Waals surface area contributed by atoms with E-state index in [0.717, 1.165) is 126 Å². The van der Waals surface area contributed by atoms with Crippen LogP contribution in [0.25, 0.3) is 0 Å². The van der Waals surface area contributed by atoms with Crippen LogP contribution in [0.5, 0.6) is 0 Å². The second-order valence-electron chi connectivity index (χ2n) is 26.7. The van der Waals surface area contributed by atoms with E-state index >= 15 is 0 Å². The summed E-state index contributed by atoms with van der Waals surface area (Å²) in [6, 6.07) is 16.7. The number of hydrogen-bond acceptors (Lipinski definition) is 23. The summed E-state index contributed by atoms with van der Waals surface area (Å²) >= 11 is 0. The molecule has 2 aromatic rings. The van der Waals surface area contributed by atoms with Gasteiger partial charge in [-0.3, -0.25) is 0 Å². The number of nitrogens with two attached hydrogens (primary N) is 21. The lowest BCUT2D eigenvalue weighted by molar-refractivity contribution is 0.131. The largest absolute Gasteiger partial charge is 0.330 e. The number of benzene rings is 2. The fourth-order valence-electron chi connectivity index (χ4n) is 8.19. The summed E-state index contributed by atoms with van der Waals surface area (Å²) in [5.41, 5.74) is 118. The molecule has 92 heavy (non-hydrogen) atoms. The van der Waals surface area contributed by atoms with E-state index in [1.807, 2.05) is 65.8 Å². The lowest BCUT2D eigenvalue weighted by atomic mass is 9.81. The summed E-state index contributed by atoms with van der Waals surface area (Å²) in [6.07, 6.45) is 17.0. The van der Waals surface area contributed by atoms with Crippen molar-refractivity contribution in [2.24, 2.45) is 161 Å². The Bertz CT molecular complexity index is 1640. The zero-order chi connectivity index (χ0) is 71.6. The number of hydrogen-bond donors (Lipinski definition) is 21. The second-order valence-corrected chi connectivity index (χ2v) is 26.7. The van der Waals surface area contributed by atoms with Crippen molar-refractivity contribution >= 4 is 0 Å². The Kier molecular flexibility index (Phi) is 77.9. The van der Waals surface area contributed by atoms with Crippen LogP contribution in [0.4, 0.5) is 0 Å². The first-order valence-electron chi connectivity index (χ1n) is 35.2. The first-order valence-corrected chi connectivity index (χ1v) is 35.2. The van der Waals surface area contributed by atoms with Gasteiger partial charge in [-0.25, -0.2) is 0 Å². The van der Waals surface area contributed by atoms with Crippen LogP contribution in [-0.2, 0) is 19.6 Å². The first-order chi connectivity index (χ1) is 43.7. The van der Waals surface area contributed by atoms with E-state index in [1.54, 1.807) is 0 Å². The predicted molar refractivity (Wildman–Crippen MR) is 406 cm³/mol. The number of aryl methyl sites for hydroxylation is 1. The first kappa shape index (κ1) is 101. The summed E-state index contributed by atoms with van der Waals surface area (Å²) in [7, 11) is 0. The molecule has 2 aliphatic carbocycles. The Morgan fingerprint density at radius 3 is 1.07 bits per heavy atom. The minimum Gasteiger partial charge on any atom is -0.330 e. The van der Waals surface area contributed by atoms with Crippen LogP contribution in [0.1, 0.15) is 168 Å². The standard InChI is InChI=1S/C10H24N4.2C8H18N2.C8H12N2.C8H11N.C6H16N2.2C5H14N2.2C4H12N2.C3H10N2/c11-3-1-5-13-7-9-14(10-8-13)6-2-4-12;9-5-7-1-2-8(6-10)4-3-7;2*9-5-7-2-1-3-8(4-7)6-10;1-7-2-4-8(6-9)5-3-7;1-6(5-8)3-2-4-7;1-5(2,3-6)4-7;1-2-5(7)3-4-6;1-4(2,6)3-5;1-4(2-5)3-6;1-3(5)2-4/h1-12H2;2*7-8H,1-6,9-10H2;1-4H,5-6,9-10H2;2-5H,6,9H2,1H3;6H,2-5,7-8H2,1H3;3-4,6-7H2,1-2H3;5H,2-4,6-7H2,1H3;3,5-6H2,1-2H3;4H,2-3,5-6H2,1H3;3H,2,4-5H2,1H3. The molecule has 42 N–H and O–H groups in total. The molecule has 2 aromatic carbocycles. The molecule has 5 unspecified atom stereocenters. The van der Waals surface area contributed by atoms with Gasteiger partial charge < -0.3 is 130 Å². The Hall–Kier alpha value is -2.48. The van der Waals surface area contributed by atoms with Crippen molar-refractivity contribution in [2.75, 3.05) is 137 Å². The SMILES string of the molecule is CC(C)(CN)CN.CC(C)(N)CN.CC(CN)CCCN.CC(CN)CN.CC(N)CN.CCC(N)CCN.Cc1ccc(CN)cc1.NCC1CCC(CN)CC1.NCC1CCCC(CN)C1.NCCCN1CCN(CCCN)CC1.NCc1cccc(CN)c1. The van der Waals surface area contributed by atoms with Crippen LogP contribution in [0.2, 0.25) is 0 Å². The molecule has 0 spiro atoms. The molecule has 23 heteroatoms. The van der Waals surface area contributed by atoms with Crippen LogP contribution in [0.3, 0.4) is 0 Å². The summed E-state index contributed by atoms with van der Waals surface area (Å²) in [5, 5.41) is 0. The molecular weight excluding hydrogens is 1150 g/mol. The summed E-state index contributed by atoms with van der Waals surface area (Å²) in [4.78, 5) is 5.01. The third-order valence-corrected chi connectivity index (χ3v) is 16.0. The minimum atomic E-state index is -0.181. The van der Waals surface area contributed by atoms with E-state index in [-0.39, 0.29) is 17.0 Å². The second kappa shape index (κ2) is 71.3. The monoisotopic (exact) mass is 1310 g/mol. The molecule has 552 valence electrons. The zero-order valence-corrected chi connectivity index (χ0v) is 61.1. The molecule has 0 amide bonds. The maximum atomic E-state index is 5.58. The third kappa shape index (κ3) is 71.8. The van der Waals surface area contributed by atoms with Gasteiger partial charge in [0.05, 0.1) is 0 Å². The normalized spacial score (nSPS) is 17.9. The maximum Gasteiger partial charge on any atom is 0.0221 e. The fraction of sp³-hybridized carbons (Fsp3) is 0.826. The minimum absolute atomic E-state index is 0.139. The third-order valence-electron chi connectivity index (χ3n) is 16.0. The van der Waals surface area contributed by atoms with Crippen molar-refractivity contribution in [3.63, 3.8) is 0 Å². The van der Waals surface area contributed by atoms with Crippen molar-refractivity contribution in [3.8, 4) is 0 Å². The van der Waals surface area contributed by atoms with E-state index in [0.29, 0.717) is 76.8 Å². The smallest absolute Gasteiger partial charge is 0.0221 e. The van der Waals surface area contributed by atoms with Gasteiger partial charge in [0.15, 0.2) is 0 Å². The molecule has 1 aliphatic heterocycles. The Morgan fingerprint density at radius 2 is 0.826 bits per heavy atom. The van der Waals surface area contributed by atoms with E-state index < -0.39 is 0 Å². The van der Waals surface area contributed by atoms with Crippen LogP contribution in [0.15, 0.2) is 48.5 Å². The highest BCUT2D eigenvalue weighted by atomic mass is 15.3. The molecule has 0 bridgehead atoms. The lowest BCUT2D eigenvalue weighted by Gasteiger charge is -2.34. The highest BCUT2D eigenvalue weighted by molar-refractivity contribution is 5.23. The number of rotatable bonds is 26. The predicted octanol–water partition coefficient (Wildman–Crippen LogP) is 1.62. The quantitative estimate of drug-likeness (QED) is 0.0636. The Morgan fingerprint density at radius 1 is 0.457 bits per heavy atom. The van der Waals surface area contributed by atoms with Gasteiger partial charge in [0, 0.05) is 76.5 Å². The molecule has 0 radical (unpaired) electrons. The molecule has 5 atom stereocenters. The molecule has 5 rings (SSSR count). The van der Waals surface area contributed by atoms with Gasteiger partial charge in [0.25, 0.3) is 0 Å². The highest BCUT2D eigenvalue weighted by Crippen LogP contribution is 2.28. The van der Waals surface area contributed by atoms with Crippen molar-refractivity contribution < 1.29 is 0 Å². The van der Waals surface area contributed by atoms with Crippen LogP contribution in [-0.4, -0.2) is 165 Å². The molecule has 3 aliphatic rings. The van der Waals surface area contributed by atoms with Gasteiger partial charge in [-0.1, -0.05) is 95.1 Å². The van der Waals surface area contributed by atoms with Crippen molar-refractivity contribution in [1.29, 1.82) is 0 Å². The fourth-order valence-corrected chi connectivity index (χ4v) is 8.19.